The first kappa shape index (κ1) is 41.9. The SMILES string of the molecule is C=Cc1ccc(-c2ccc3c(c2)c2cc(-c4ccc(N(c5ccc6c(c5)C(c5ccccc5)(c5ccc(C=C)cc5)c5ccccc5-6)c5cccc6ccccc56)cc4)ccc2n3-c2ccccc2)cc1. The number of benzene rings is 11. The van der Waals surface area contributed by atoms with Crippen molar-refractivity contribution in [3.63, 3.8) is 0 Å². The summed E-state index contributed by atoms with van der Waals surface area (Å²) in [6, 6.07) is 93.8. The molecule has 0 aliphatic heterocycles. The number of anilines is 3. The largest absolute Gasteiger partial charge is 0.310 e. The number of fused-ring (bicyclic) bond motifs is 7. The minimum Gasteiger partial charge on any atom is -0.310 e. The molecular weight excluding hydrogens is 857 g/mol. The Morgan fingerprint density at radius 2 is 0.887 bits per heavy atom. The fourth-order valence-corrected chi connectivity index (χ4v) is 11.4. The van der Waals surface area contributed by atoms with Crippen LogP contribution in [0, 0.1) is 0 Å². The van der Waals surface area contributed by atoms with Gasteiger partial charge in [0.05, 0.1) is 22.1 Å². The van der Waals surface area contributed by atoms with E-state index in [9.17, 15) is 0 Å². The van der Waals surface area contributed by atoms with Crippen LogP contribution < -0.4 is 4.90 Å². The molecule has 2 heteroatoms. The number of para-hydroxylation sites is 1. The van der Waals surface area contributed by atoms with Gasteiger partial charge in [-0.3, -0.25) is 0 Å². The third kappa shape index (κ3) is 6.79. The van der Waals surface area contributed by atoms with Crippen LogP contribution in [-0.4, -0.2) is 4.57 Å². The second-order valence-electron chi connectivity index (χ2n) is 18.6. The third-order valence-corrected chi connectivity index (χ3v) is 14.8. The van der Waals surface area contributed by atoms with Gasteiger partial charge in [0.15, 0.2) is 0 Å². The van der Waals surface area contributed by atoms with Gasteiger partial charge in [-0.25, -0.2) is 0 Å². The van der Waals surface area contributed by atoms with E-state index in [1.165, 1.54) is 82.6 Å². The summed E-state index contributed by atoms with van der Waals surface area (Å²) in [5.74, 6) is 0. The van der Waals surface area contributed by atoms with Crippen molar-refractivity contribution in [3.8, 4) is 39.1 Å². The molecule has 334 valence electrons. The van der Waals surface area contributed by atoms with E-state index in [1.54, 1.807) is 0 Å². The number of aromatic nitrogens is 1. The fraction of sp³-hybridized carbons (Fsp3) is 0.0145. The molecule has 1 aliphatic rings. The second-order valence-corrected chi connectivity index (χ2v) is 18.6. The van der Waals surface area contributed by atoms with Crippen LogP contribution in [0.2, 0.25) is 0 Å². The molecule has 0 spiro atoms. The van der Waals surface area contributed by atoms with E-state index in [0.717, 1.165) is 39.4 Å². The smallest absolute Gasteiger partial charge is 0.0714 e. The van der Waals surface area contributed by atoms with E-state index >= 15 is 0 Å². The van der Waals surface area contributed by atoms with Gasteiger partial charge in [0, 0.05) is 33.2 Å². The van der Waals surface area contributed by atoms with Crippen LogP contribution in [0.15, 0.2) is 268 Å². The zero-order chi connectivity index (χ0) is 47.5. The highest BCUT2D eigenvalue weighted by atomic mass is 15.1. The van der Waals surface area contributed by atoms with Crippen molar-refractivity contribution in [1.29, 1.82) is 0 Å². The summed E-state index contributed by atoms with van der Waals surface area (Å²) in [5.41, 5.74) is 20.6. The Labute approximate surface area is 415 Å². The van der Waals surface area contributed by atoms with Crippen LogP contribution in [0.25, 0.3) is 83.8 Å². The molecule has 1 unspecified atom stereocenters. The van der Waals surface area contributed by atoms with Gasteiger partial charge in [0.1, 0.15) is 0 Å². The topological polar surface area (TPSA) is 8.17 Å². The first-order valence-corrected chi connectivity index (χ1v) is 24.4. The molecule has 71 heavy (non-hydrogen) atoms. The van der Waals surface area contributed by atoms with Gasteiger partial charge in [0.2, 0.25) is 0 Å². The summed E-state index contributed by atoms with van der Waals surface area (Å²) >= 11 is 0. The maximum atomic E-state index is 4.08. The first-order valence-electron chi connectivity index (χ1n) is 24.4. The average molecular weight is 905 g/mol. The molecule has 12 aromatic rings. The third-order valence-electron chi connectivity index (χ3n) is 14.8. The molecule has 11 aromatic carbocycles. The van der Waals surface area contributed by atoms with Crippen LogP contribution in [-0.2, 0) is 5.41 Å². The monoisotopic (exact) mass is 904 g/mol. The van der Waals surface area contributed by atoms with Crippen LogP contribution in [0.5, 0.6) is 0 Å². The van der Waals surface area contributed by atoms with Crippen molar-refractivity contribution in [2.24, 2.45) is 0 Å². The van der Waals surface area contributed by atoms with Crippen molar-refractivity contribution >= 4 is 61.8 Å². The second kappa shape index (κ2) is 17.1. The highest BCUT2D eigenvalue weighted by Crippen LogP contribution is 2.57. The molecule has 1 aromatic heterocycles. The van der Waals surface area contributed by atoms with Crippen molar-refractivity contribution in [2.45, 2.75) is 5.41 Å². The van der Waals surface area contributed by atoms with Gasteiger partial charge >= 0.3 is 0 Å². The number of rotatable bonds is 10. The van der Waals surface area contributed by atoms with Crippen LogP contribution in [0.4, 0.5) is 17.1 Å². The highest BCUT2D eigenvalue weighted by molar-refractivity contribution is 6.12. The van der Waals surface area contributed by atoms with Gasteiger partial charge in [-0.2, -0.15) is 0 Å². The Morgan fingerprint density at radius 3 is 1.56 bits per heavy atom. The molecule has 2 nitrogen and oxygen atoms in total. The first-order chi connectivity index (χ1) is 35.1. The maximum absolute atomic E-state index is 4.08. The average Bonchev–Trinajstić information content (AvgIpc) is 3.93. The molecular formula is C69H48N2. The van der Waals surface area contributed by atoms with Crippen molar-refractivity contribution in [2.75, 3.05) is 4.90 Å². The van der Waals surface area contributed by atoms with E-state index in [4.69, 9.17) is 0 Å². The highest BCUT2D eigenvalue weighted by Gasteiger charge is 2.46. The van der Waals surface area contributed by atoms with Crippen LogP contribution in [0.3, 0.4) is 0 Å². The zero-order valence-corrected chi connectivity index (χ0v) is 39.2. The maximum Gasteiger partial charge on any atom is 0.0714 e. The van der Waals surface area contributed by atoms with Crippen molar-refractivity contribution < 1.29 is 0 Å². The molecule has 0 fully saturated rings. The van der Waals surface area contributed by atoms with E-state index in [0.29, 0.717) is 0 Å². The summed E-state index contributed by atoms with van der Waals surface area (Å²) in [7, 11) is 0. The normalized spacial score (nSPS) is 13.8. The quantitative estimate of drug-likeness (QED) is 0.133. The molecule has 1 atom stereocenters. The van der Waals surface area contributed by atoms with Gasteiger partial charge in [-0.1, -0.05) is 213 Å². The molecule has 0 bridgehead atoms. The Hall–Kier alpha value is -9.24. The number of hydrogen-bond acceptors (Lipinski definition) is 1. The van der Waals surface area contributed by atoms with Gasteiger partial charge < -0.3 is 9.47 Å². The summed E-state index contributed by atoms with van der Waals surface area (Å²) in [5, 5.41) is 4.82. The molecule has 0 saturated carbocycles. The summed E-state index contributed by atoms with van der Waals surface area (Å²) in [6.45, 7) is 8.04. The lowest BCUT2D eigenvalue weighted by molar-refractivity contribution is 0.768. The van der Waals surface area contributed by atoms with Crippen LogP contribution >= 0.6 is 0 Å². The summed E-state index contributed by atoms with van der Waals surface area (Å²) < 4.78 is 2.39. The Balaban J connectivity index is 0.976. The molecule has 0 saturated heterocycles. The number of nitrogens with zero attached hydrogens (tertiary/aromatic N) is 2. The van der Waals surface area contributed by atoms with E-state index in [1.807, 2.05) is 12.2 Å². The Morgan fingerprint density at radius 1 is 0.366 bits per heavy atom. The molecule has 0 radical (unpaired) electrons. The lowest BCUT2D eigenvalue weighted by Crippen LogP contribution is -2.28. The predicted molar refractivity (Wildman–Crippen MR) is 301 cm³/mol. The van der Waals surface area contributed by atoms with E-state index in [2.05, 4.69) is 277 Å². The minimum absolute atomic E-state index is 0.559. The lowest BCUT2D eigenvalue weighted by Gasteiger charge is -2.35. The summed E-state index contributed by atoms with van der Waals surface area (Å²) in [4.78, 5) is 2.45. The summed E-state index contributed by atoms with van der Waals surface area (Å²) in [6.07, 6.45) is 3.81. The fourth-order valence-electron chi connectivity index (χ4n) is 11.4. The molecule has 0 amide bonds. The molecule has 0 N–H and O–H groups in total. The van der Waals surface area contributed by atoms with Crippen LogP contribution in [0.1, 0.15) is 33.4 Å². The molecule has 1 heterocycles. The van der Waals surface area contributed by atoms with Crippen molar-refractivity contribution in [3.05, 3.63) is 301 Å². The van der Waals surface area contributed by atoms with Gasteiger partial charge in [-0.05, 0) is 139 Å². The van der Waals surface area contributed by atoms with Gasteiger partial charge in [-0.15, -0.1) is 0 Å². The predicted octanol–water partition coefficient (Wildman–Crippen LogP) is 18.4. The molecule has 1 aliphatic carbocycles. The van der Waals surface area contributed by atoms with Crippen molar-refractivity contribution in [1.82, 2.24) is 4.57 Å². The van der Waals surface area contributed by atoms with Gasteiger partial charge in [0.25, 0.3) is 0 Å². The Kier molecular flexibility index (Phi) is 10.1. The minimum atomic E-state index is -0.559. The number of hydrogen-bond donors (Lipinski definition) is 0. The lowest BCUT2D eigenvalue weighted by atomic mass is 9.67. The van der Waals surface area contributed by atoms with E-state index in [-0.39, 0.29) is 0 Å². The zero-order valence-electron chi connectivity index (χ0n) is 39.2. The Bertz CT molecular complexity index is 3990. The van der Waals surface area contributed by atoms with E-state index < -0.39 is 5.41 Å². The molecule has 13 rings (SSSR count). The standard InChI is InChI=1S/C69H48N2/c1-3-47-26-30-49(31-27-47)52-34-42-67-62(44-52)63-45-53(35-43-68(63)71(67)56-20-9-6-10-21-56)50-32-38-57(39-33-50)70(66-25-15-17-51-16-11-12-22-59(51)66)58-40-41-61-60-23-13-14-24-64(60)69(65(61)46-58,54-18-7-5-8-19-54)55-36-28-48(4-2)29-37-55/h3-46H,1-2H2.